The molecule has 0 aliphatic carbocycles. The second kappa shape index (κ2) is 6.47. The molecule has 24 heavy (non-hydrogen) atoms. The van der Waals surface area contributed by atoms with E-state index in [0.717, 1.165) is 22.3 Å². The lowest BCUT2D eigenvalue weighted by molar-refractivity contribution is 1.47. The van der Waals surface area contributed by atoms with Crippen molar-refractivity contribution in [2.45, 2.75) is 6.92 Å². The first-order valence-corrected chi connectivity index (χ1v) is 7.59. The van der Waals surface area contributed by atoms with Crippen LogP contribution >= 0.6 is 0 Å². The fourth-order valence-corrected chi connectivity index (χ4v) is 2.89. The molecule has 3 aromatic carbocycles. The van der Waals surface area contributed by atoms with Gasteiger partial charge in [-0.2, -0.15) is 0 Å². The third kappa shape index (κ3) is 2.88. The Hall–Kier alpha value is -2.02. The van der Waals surface area contributed by atoms with Gasteiger partial charge in [0.2, 0.25) is 0 Å². The summed E-state index contributed by atoms with van der Waals surface area (Å²) in [7, 11) is 30.2. The third-order valence-electron chi connectivity index (χ3n) is 4.17. The van der Waals surface area contributed by atoms with Crippen LogP contribution in [-0.2, 0) is 0 Å². The van der Waals surface area contributed by atoms with Crippen LogP contribution in [0.4, 0.5) is 0 Å². The van der Waals surface area contributed by atoms with Gasteiger partial charge in [0, 0.05) is 0 Å². The highest BCUT2D eigenvalue weighted by Crippen LogP contribution is 2.26. The summed E-state index contributed by atoms with van der Waals surface area (Å²) < 4.78 is 0. The van der Waals surface area contributed by atoms with Crippen molar-refractivity contribution < 1.29 is 0 Å². The number of rotatable bonds is 2. The molecule has 10 radical (unpaired) electrons. The predicted molar refractivity (Wildman–Crippen MR) is 109 cm³/mol. The van der Waals surface area contributed by atoms with E-state index in [2.05, 4.69) is 18.2 Å². The van der Waals surface area contributed by atoms with Crippen molar-refractivity contribution in [1.29, 1.82) is 0 Å². The van der Waals surface area contributed by atoms with E-state index >= 15 is 0 Å². The van der Waals surface area contributed by atoms with Crippen molar-refractivity contribution in [3.8, 4) is 22.3 Å². The topological polar surface area (TPSA) is 0 Å². The van der Waals surface area contributed by atoms with E-state index in [-0.39, 0.29) is 16.4 Å². The third-order valence-corrected chi connectivity index (χ3v) is 4.17. The standard InChI is InChI=1S/C19H11B5/c1-10-7-12(11-5-3-2-4-6-11)9-13(8-10)14-15(20)17(22)19(24)18(23)16(14)21/h2-9H,1H3. The summed E-state index contributed by atoms with van der Waals surface area (Å²) in [4.78, 5) is 0. The molecule has 0 saturated carbocycles. The molecule has 0 spiro atoms. The van der Waals surface area contributed by atoms with Gasteiger partial charge in [0.15, 0.2) is 0 Å². The molecular formula is C19H11B5. The summed E-state index contributed by atoms with van der Waals surface area (Å²) in [6.45, 7) is 2.02. The molecule has 0 heterocycles. The van der Waals surface area contributed by atoms with E-state index in [9.17, 15) is 0 Å². The molecule has 3 rings (SSSR count). The molecule has 0 unspecified atom stereocenters. The molecule has 5 heteroatoms. The lowest BCUT2D eigenvalue weighted by atomic mass is 9.59. The van der Waals surface area contributed by atoms with Crippen LogP contribution in [0, 0.1) is 6.92 Å². The monoisotopic (exact) mass is 294 g/mol. The second-order valence-corrected chi connectivity index (χ2v) is 5.90. The summed E-state index contributed by atoms with van der Waals surface area (Å²) in [5.74, 6) is 0. The maximum atomic E-state index is 6.18. The van der Waals surface area contributed by atoms with Crippen LogP contribution in [0.1, 0.15) is 5.56 Å². The molecule has 0 aliphatic heterocycles. The Morgan fingerprint density at radius 1 is 0.542 bits per heavy atom. The van der Waals surface area contributed by atoms with Crippen LogP contribution in [0.2, 0.25) is 0 Å². The van der Waals surface area contributed by atoms with Gasteiger partial charge < -0.3 is 0 Å². The van der Waals surface area contributed by atoms with Crippen LogP contribution in [0.3, 0.4) is 0 Å². The van der Waals surface area contributed by atoms with E-state index in [1.54, 1.807) is 0 Å². The number of aryl methyl sites for hydroxylation is 1. The van der Waals surface area contributed by atoms with Gasteiger partial charge in [-0.25, -0.2) is 0 Å². The Kier molecular flexibility index (Phi) is 4.54. The Bertz CT molecular complexity index is 888. The zero-order valence-electron chi connectivity index (χ0n) is 13.5. The first kappa shape index (κ1) is 16.8. The highest BCUT2D eigenvalue weighted by molar-refractivity contribution is 6.68. The lowest BCUT2D eigenvalue weighted by Crippen LogP contribution is -2.55. The zero-order valence-corrected chi connectivity index (χ0v) is 13.5. The highest BCUT2D eigenvalue weighted by Gasteiger charge is 2.13. The maximum Gasteiger partial charge on any atom is 0.113 e. The Labute approximate surface area is 150 Å². The minimum absolute atomic E-state index is 0.227. The van der Waals surface area contributed by atoms with Crippen LogP contribution in [0.5, 0.6) is 0 Å². The lowest BCUT2D eigenvalue weighted by Gasteiger charge is -2.22. The smallest absolute Gasteiger partial charge is 0.112 e. The normalized spacial score (nSPS) is 10.7. The van der Waals surface area contributed by atoms with Crippen molar-refractivity contribution in [3.63, 3.8) is 0 Å². The van der Waals surface area contributed by atoms with Gasteiger partial charge in [0.1, 0.15) is 39.2 Å². The first-order chi connectivity index (χ1) is 11.4. The highest BCUT2D eigenvalue weighted by atomic mass is 14.1. The van der Waals surface area contributed by atoms with Gasteiger partial charge in [-0.05, 0) is 40.8 Å². The van der Waals surface area contributed by atoms with E-state index in [1.165, 1.54) is 0 Å². The molecule has 0 aromatic heterocycles. The fourth-order valence-electron chi connectivity index (χ4n) is 2.89. The van der Waals surface area contributed by atoms with Gasteiger partial charge in [-0.15, -0.1) is 16.4 Å². The van der Waals surface area contributed by atoms with Crippen LogP contribution in [0.15, 0.2) is 48.5 Å². The van der Waals surface area contributed by atoms with Crippen molar-refractivity contribution in [1.82, 2.24) is 0 Å². The molecule has 0 bridgehead atoms. The van der Waals surface area contributed by atoms with Crippen molar-refractivity contribution in [2.24, 2.45) is 0 Å². The SMILES string of the molecule is [B]c1c([B])c([B])c(-c2cc(C)cc(-c3ccccc3)c2)c([B])c1[B]. The molecular weight excluding hydrogens is 282 g/mol. The molecule has 0 amide bonds. The molecule has 0 nitrogen and oxygen atoms in total. The summed E-state index contributed by atoms with van der Waals surface area (Å²) in [6.07, 6.45) is 0. The van der Waals surface area contributed by atoms with Gasteiger partial charge in [0.25, 0.3) is 0 Å². The molecule has 0 saturated heterocycles. The minimum atomic E-state index is 0.227. The van der Waals surface area contributed by atoms with Gasteiger partial charge in [-0.1, -0.05) is 53.4 Å². The average molecular weight is 293 g/mol. The van der Waals surface area contributed by atoms with E-state index in [0.29, 0.717) is 16.5 Å². The summed E-state index contributed by atoms with van der Waals surface area (Å²) >= 11 is 0. The van der Waals surface area contributed by atoms with Gasteiger partial charge in [-0.3, -0.25) is 0 Å². The van der Waals surface area contributed by atoms with Crippen molar-refractivity contribution in [3.05, 3.63) is 54.1 Å². The second-order valence-electron chi connectivity index (χ2n) is 5.90. The fraction of sp³-hybridized carbons (Fsp3) is 0.0526. The summed E-state index contributed by atoms with van der Waals surface area (Å²) in [5, 5.41) is 0. The molecule has 0 atom stereocenters. The average Bonchev–Trinajstić information content (AvgIpc) is 2.59. The Morgan fingerprint density at radius 3 is 1.62 bits per heavy atom. The van der Waals surface area contributed by atoms with E-state index in [1.807, 2.05) is 37.3 Å². The Morgan fingerprint density at radius 2 is 1.04 bits per heavy atom. The number of hydrogen-bond donors (Lipinski definition) is 0. The molecule has 0 aliphatic rings. The summed E-state index contributed by atoms with van der Waals surface area (Å²) in [6, 6.07) is 16.2. The Balaban J connectivity index is 2.27. The summed E-state index contributed by atoms with van der Waals surface area (Å²) in [5.41, 5.74) is 6.20. The molecule has 102 valence electrons. The number of hydrogen-bond acceptors (Lipinski definition) is 0. The zero-order chi connectivity index (χ0) is 17.4. The predicted octanol–water partition coefficient (Wildman–Crippen LogP) is -0.702. The maximum absolute atomic E-state index is 6.18. The molecule has 0 fully saturated rings. The molecule has 3 aromatic rings. The van der Waals surface area contributed by atoms with Crippen molar-refractivity contribution in [2.75, 3.05) is 0 Å². The van der Waals surface area contributed by atoms with Crippen LogP contribution in [-0.4, -0.2) is 39.2 Å². The van der Waals surface area contributed by atoms with Gasteiger partial charge in [0.05, 0.1) is 0 Å². The van der Waals surface area contributed by atoms with Crippen LogP contribution in [0.25, 0.3) is 22.3 Å². The molecule has 0 N–H and O–H groups in total. The first-order valence-electron chi connectivity index (χ1n) is 7.59. The van der Waals surface area contributed by atoms with E-state index < -0.39 is 0 Å². The van der Waals surface area contributed by atoms with E-state index in [4.69, 9.17) is 39.2 Å². The largest absolute Gasteiger partial charge is 0.113 e. The number of benzene rings is 3. The quantitative estimate of drug-likeness (QED) is 0.548. The minimum Gasteiger partial charge on any atom is -0.112 e. The van der Waals surface area contributed by atoms with Gasteiger partial charge >= 0.3 is 0 Å². The van der Waals surface area contributed by atoms with Crippen LogP contribution < -0.4 is 27.3 Å². The van der Waals surface area contributed by atoms with Crippen molar-refractivity contribution >= 4 is 66.5 Å².